The van der Waals surface area contributed by atoms with Crippen LogP contribution in [0.5, 0.6) is 5.88 Å². The maximum Gasteiger partial charge on any atom is 0.213 e. The molecule has 0 saturated carbocycles. The van der Waals surface area contributed by atoms with Crippen LogP contribution in [0, 0.1) is 0 Å². The first kappa shape index (κ1) is 9.95. The van der Waals surface area contributed by atoms with E-state index in [1.54, 1.807) is 13.3 Å². The molecule has 1 heterocycles. The van der Waals surface area contributed by atoms with E-state index in [-0.39, 0.29) is 12.6 Å². The lowest BCUT2D eigenvalue weighted by Crippen LogP contribution is -2.26. The highest BCUT2D eigenvalue weighted by Gasteiger charge is 2.03. The summed E-state index contributed by atoms with van der Waals surface area (Å²) in [6, 6.07) is 3.46. The number of aliphatic hydroxyl groups excluding tert-OH is 1. The fraction of sp³-hybridized carbons (Fsp3) is 0.444. The topological polar surface area (TPSA) is 68.4 Å². The van der Waals surface area contributed by atoms with Crippen molar-refractivity contribution in [1.82, 2.24) is 4.98 Å². The Balaban J connectivity index is 2.66. The van der Waals surface area contributed by atoms with Crippen molar-refractivity contribution in [3.63, 3.8) is 0 Å². The van der Waals surface area contributed by atoms with Gasteiger partial charge in [0.05, 0.1) is 13.7 Å². The SMILES string of the molecule is COc1cc(CC(N)CO)ccn1. The minimum atomic E-state index is -0.216. The molecule has 0 bridgehead atoms. The van der Waals surface area contributed by atoms with E-state index in [9.17, 15) is 0 Å². The minimum Gasteiger partial charge on any atom is -0.481 e. The summed E-state index contributed by atoms with van der Waals surface area (Å²) in [5.41, 5.74) is 6.61. The molecular formula is C9H14N2O2. The number of nitrogens with two attached hydrogens (primary N) is 1. The van der Waals surface area contributed by atoms with Gasteiger partial charge in [-0.2, -0.15) is 0 Å². The lowest BCUT2D eigenvalue weighted by atomic mass is 10.1. The van der Waals surface area contributed by atoms with E-state index in [0.29, 0.717) is 12.3 Å². The van der Waals surface area contributed by atoms with E-state index in [1.165, 1.54) is 0 Å². The first-order chi connectivity index (χ1) is 6.26. The molecule has 0 aliphatic heterocycles. The Morgan fingerprint density at radius 2 is 2.46 bits per heavy atom. The van der Waals surface area contributed by atoms with Gasteiger partial charge in [-0.1, -0.05) is 0 Å². The molecule has 1 unspecified atom stereocenters. The van der Waals surface area contributed by atoms with Crippen LogP contribution in [0.25, 0.3) is 0 Å². The summed E-state index contributed by atoms with van der Waals surface area (Å²) in [5, 5.41) is 8.75. The molecule has 72 valence electrons. The number of methoxy groups -OCH3 is 1. The molecular weight excluding hydrogens is 168 g/mol. The highest BCUT2D eigenvalue weighted by molar-refractivity contribution is 5.21. The van der Waals surface area contributed by atoms with Crippen molar-refractivity contribution in [2.75, 3.05) is 13.7 Å². The van der Waals surface area contributed by atoms with Gasteiger partial charge in [-0.15, -0.1) is 0 Å². The van der Waals surface area contributed by atoms with E-state index in [0.717, 1.165) is 5.56 Å². The number of aliphatic hydroxyl groups is 1. The smallest absolute Gasteiger partial charge is 0.213 e. The molecule has 1 rings (SSSR count). The Morgan fingerprint density at radius 3 is 3.08 bits per heavy atom. The Bertz CT molecular complexity index is 266. The van der Waals surface area contributed by atoms with Crippen LogP contribution in [0.1, 0.15) is 5.56 Å². The quantitative estimate of drug-likeness (QED) is 0.685. The van der Waals surface area contributed by atoms with Crippen LogP contribution < -0.4 is 10.5 Å². The zero-order valence-electron chi connectivity index (χ0n) is 7.60. The molecule has 1 atom stereocenters. The lowest BCUT2D eigenvalue weighted by molar-refractivity contribution is 0.265. The first-order valence-corrected chi connectivity index (χ1v) is 4.11. The van der Waals surface area contributed by atoms with Gasteiger partial charge in [0.25, 0.3) is 0 Å². The van der Waals surface area contributed by atoms with Crippen molar-refractivity contribution >= 4 is 0 Å². The summed E-state index contributed by atoms with van der Waals surface area (Å²) in [6.07, 6.45) is 2.30. The third-order valence-corrected chi connectivity index (χ3v) is 1.74. The molecule has 0 aliphatic carbocycles. The molecule has 0 fully saturated rings. The van der Waals surface area contributed by atoms with Crippen LogP contribution in [0.4, 0.5) is 0 Å². The van der Waals surface area contributed by atoms with Crippen molar-refractivity contribution in [3.05, 3.63) is 23.9 Å². The summed E-state index contributed by atoms with van der Waals surface area (Å²) in [6.45, 7) is -0.00929. The van der Waals surface area contributed by atoms with E-state index in [4.69, 9.17) is 15.6 Å². The number of pyridine rings is 1. The van der Waals surface area contributed by atoms with Gasteiger partial charge in [0, 0.05) is 18.3 Å². The summed E-state index contributed by atoms with van der Waals surface area (Å²) in [4.78, 5) is 3.97. The van der Waals surface area contributed by atoms with Gasteiger partial charge >= 0.3 is 0 Å². The van der Waals surface area contributed by atoms with Gasteiger partial charge in [0.2, 0.25) is 5.88 Å². The number of nitrogens with zero attached hydrogens (tertiary/aromatic N) is 1. The first-order valence-electron chi connectivity index (χ1n) is 4.11. The van der Waals surface area contributed by atoms with E-state index < -0.39 is 0 Å². The van der Waals surface area contributed by atoms with Gasteiger partial charge in [-0.3, -0.25) is 0 Å². The third kappa shape index (κ3) is 3.01. The second kappa shape index (κ2) is 4.79. The minimum absolute atomic E-state index is 0.00929. The zero-order chi connectivity index (χ0) is 9.68. The Hall–Kier alpha value is -1.13. The van der Waals surface area contributed by atoms with Crippen molar-refractivity contribution in [3.8, 4) is 5.88 Å². The van der Waals surface area contributed by atoms with Gasteiger partial charge in [-0.25, -0.2) is 4.98 Å². The Morgan fingerprint density at radius 1 is 1.69 bits per heavy atom. The van der Waals surface area contributed by atoms with E-state index >= 15 is 0 Å². The molecule has 1 aromatic heterocycles. The highest BCUT2D eigenvalue weighted by atomic mass is 16.5. The number of hydrogen-bond acceptors (Lipinski definition) is 4. The average molecular weight is 182 g/mol. The second-order valence-electron chi connectivity index (χ2n) is 2.85. The standard InChI is InChI=1S/C9H14N2O2/c1-13-9-5-7(2-3-11-9)4-8(10)6-12/h2-3,5,8,12H,4,6,10H2,1H3. The number of aromatic nitrogens is 1. The van der Waals surface area contributed by atoms with E-state index in [2.05, 4.69) is 4.98 Å². The van der Waals surface area contributed by atoms with Gasteiger partial charge in [0.1, 0.15) is 0 Å². The second-order valence-corrected chi connectivity index (χ2v) is 2.85. The molecule has 13 heavy (non-hydrogen) atoms. The molecule has 0 aliphatic rings. The maximum atomic E-state index is 8.75. The van der Waals surface area contributed by atoms with Crippen LogP contribution in [-0.4, -0.2) is 29.8 Å². The number of ether oxygens (including phenoxy) is 1. The van der Waals surface area contributed by atoms with Crippen LogP contribution >= 0.6 is 0 Å². The predicted octanol–water partition coefficient (Wildman–Crippen LogP) is -0.0477. The molecule has 3 N–H and O–H groups in total. The van der Waals surface area contributed by atoms with Crippen LogP contribution in [0.3, 0.4) is 0 Å². The highest BCUT2D eigenvalue weighted by Crippen LogP contribution is 2.09. The van der Waals surface area contributed by atoms with Gasteiger partial charge < -0.3 is 15.6 Å². The van der Waals surface area contributed by atoms with Crippen LogP contribution in [0.2, 0.25) is 0 Å². The van der Waals surface area contributed by atoms with Crippen LogP contribution in [0.15, 0.2) is 18.3 Å². The zero-order valence-corrected chi connectivity index (χ0v) is 7.60. The maximum absolute atomic E-state index is 8.75. The molecule has 0 radical (unpaired) electrons. The fourth-order valence-corrected chi connectivity index (χ4v) is 1.06. The summed E-state index contributed by atoms with van der Waals surface area (Å²) in [7, 11) is 1.57. The van der Waals surface area contributed by atoms with Crippen molar-refractivity contribution in [2.45, 2.75) is 12.5 Å². The van der Waals surface area contributed by atoms with Gasteiger partial charge in [-0.05, 0) is 18.1 Å². The molecule has 0 aromatic carbocycles. The lowest BCUT2D eigenvalue weighted by Gasteiger charge is -2.08. The average Bonchev–Trinajstić information content (AvgIpc) is 2.18. The molecule has 1 aromatic rings. The van der Waals surface area contributed by atoms with Crippen molar-refractivity contribution < 1.29 is 9.84 Å². The van der Waals surface area contributed by atoms with Crippen LogP contribution in [-0.2, 0) is 6.42 Å². The van der Waals surface area contributed by atoms with E-state index in [1.807, 2.05) is 12.1 Å². The number of rotatable bonds is 4. The summed E-state index contributed by atoms with van der Waals surface area (Å²) >= 11 is 0. The molecule has 0 saturated heterocycles. The number of hydrogen-bond donors (Lipinski definition) is 2. The van der Waals surface area contributed by atoms with Crippen molar-refractivity contribution in [2.24, 2.45) is 5.73 Å². The van der Waals surface area contributed by atoms with Crippen molar-refractivity contribution in [1.29, 1.82) is 0 Å². The molecule has 0 spiro atoms. The molecule has 0 amide bonds. The third-order valence-electron chi connectivity index (χ3n) is 1.74. The Kier molecular flexibility index (Phi) is 3.67. The predicted molar refractivity (Wildman–Crippen MR) is 49.6 cm³/mol. The molecule has 4 heteroatoms. The Labute approximate surface area is 77.4 Å². The normalized spacial score (nSPS) is 12.5. The van der Waals surface area contributed by atoms with Gasteiger partial charge in [0.15, 0.2) is 0 Å². The summed E-state index contributed by atoms with van der Waals surface area (Å²) < 4.78 is 4.96. The fourth-order valence-electron chi connectivity index (χ4n) is 1.06. The summed E-state index contributed by atoms with van der Waals surface area (Å²) in [5.74, 6) is 0.572. The largest absolute Gasteiger partial charge is 0.481 e. The molecule has 4 nitrogen and oxygen atoms in total. The monoisotopic (exact) mass is 182 g/mol.